The molecule has 2 aromatic carbocycles. The molecule has 0 fully saturated rings. The number of aryl methyl sites for hydroxylation is 1. The van der Waals surface area contributed by atoms with Crippen molar-refractivity contribution in [1.82, 2.24) is 9.55 Å². The molecule has 2 N–H and O–H groups in total. The van der Waals surface area contributed by atoms with Crippen molar-refractivity contribution in [3.8, 4) is 28.0 Å². The van der Waals surface area contributed by atoms with Crippen LogP contribution in [-0.4, -0.2) is 25.5 Å². The molecule has 0 aliphatic carbocycles. The van der Waals surface area contributed by atoms with E-state index in [2.05, 4.69) is 4.98 Å². The molecule has 0 saturated carbocycles. The first kappa shape index (κ1) is 21.2. The Hall–Kier alpha value is -3.69. The fourth-order valence-corrected chi connectivity index (χ4v) is 4.82. The van der Waals surface area contributed by atoms with Gasteiger partial charge in [-0.2, -0.15) is 0 Å². The van der Waals surface area contributed by atoms with Crippen molar-refractivity contribution in [3.05, 3.63) is 82.3 Å². The van der Waals surface area contributed by atoms with Crippen LogP contribution in [0.3, 0.4) is 0 Å². The summed E-state index contributed by atoms with van der Waals surface area (Å²) in [7, 11) is 0. The number of furan rings is 1. The van der Waals surface area contributed by atoms with Crippen molar-refractivity contribution in [2.24, 2.45) is 0 Å². The lowest BCUT2D eigenvalue weighted by Crippen LogP contribution is -2.04. The van der Waals surface area contributed by atoms with Crippen molar-refractivity contribution in [3.63, 3.8) is 0 Å². The summed E-state index contributed by atoms with van der Waals surface area (Å²) in [4.78, 5) is 17.7. The van der Waals surface area contributed by atoms with Gasteiger partial charge in [-0.05, 0) is 49.4 Å². The van der Waals surface area contributed by atoms with Gasteiger partial charge in [0.2, 0.25) is 11.7 Å². The molecular formula is C23H13ClF2N2O4S. The maximum absolute atomic E-state index is 14.1. The average Bonchev–Trinajstić information content (AvgIpc) is 3.47. The van der Waals surface area contributed by atoms with Crippen LogP contribution in [0, 0.1) is 18.6 Å². The Labute approximate surface area is 193 Å². The van der Waals surface area contributed by atoms with Crippen LogP contribution in [0.1, 0.15) is 21.9 Å². The monoisotopic (exact) mass is 486 g/mol. The molecule has 0 amide bonds. The summed E-state index contributed by atoms with van der Waals surface area (Å²) in [5, 5.41) is 22.1. The Morgan fingerprint density at radius 1 is 1.12 bits per heavy atom. The molecule has 0 radical (unpaired) electrons. The summed E-state index contributed by atoms with van der Waals surface area (Å²) in [6.07, 6.45) is 0. The van der Waals surface area contributed by atoms with Crippen LogP contribution in [0.25, 0.3) is 26.6 Å². The number of carbonyl (C=O) groups excluding carboxylic acids is 1. The van der Waals surface area contributed by atoms with Gasteiger partial charge in [0.25, 0.3) is 0 Å². The van der Waals surface area contributed by atoms with Gasteiger partial charge < -0.3 is 14.6 Å². The molecule has 0 aliphatic rings. The molecule has 3 aromatic heterocycles. The van der Waals surface area contributed by atoms with E-state index in [1.807, 2.05) is 0 Å². The minimum absolute atomic E-state index is 0.0291. The zero-order chi connectivity index (χ0) is 23.4. The number of thiazole rings is 1. The van der Waals surface area contributed by atoms with Gasteiger partial charge in [0.1, 0.15) is 11.3 Å². The molecule has 5 aromatic rings. The number of benzene rings is 2. The van der Waals surface area contributed by atoms with E-state index < -0.39 is 29.0 Å². The van der Waals surface area contributed by atoms with Gasteiger partial charge in [-0.25, -0.2) is 13.8 Å². The molecule has 0 unspecified atom stereocenters. The van der Waals surface area contributed by atoms with E-state index in [1.54, 1.807) is 31.2 Å². The Balaban J connectivity index is 1.84. The van der Waals surface area contributed by atoms with Gasteiger partial charge in [0.05, 0.1) is 21.0 Å². The Kier molecular flexibility index (Phi) is 4.95. The largest absolute Gasteiger partial charge is 0.503 e. The van der Waals surface area contributed by atoms with Crippen molar-refractivity contribution in [2.75, 3.05) is 0 Å². The molecule has 10 heteroatoms. The van der Waals surface area contributed by atoms with Crippen LogP contribution in [0.5, 0.6) is 11.6 Å². The van der Waals surface area contributed by atoms with Gasteiger partial charge in [-0.15, -0.1) is 0 Å². The predicted molar refractivity (Wildman–Crippen MR) is 120 cm³/mol. The van der Waals surface area contributed by atoms with Crippen LogP contribution in [0.2, 0.25) is 5.02 Å². The second kappa shape index (κ2) is 7.72. The molecule has 0 aliphatic heterocycles. The zero-order valence-electron chi connectivity index (χ0n) is 16.8. The van der Waals surface area contributed by atoms with E-state index in [1.165, 1.54) is 12.1 Å². The van der Waals surface area contributed by atoms with E-state index in [4.69, 9.17) is 16.0 Å². The Bertz CT molecular complexity index is 1570. The number of ketones is 1. The Morgan fingerprint density at radius 2 is 1.91 bits per heavy atom. The number of para-hydroxylation sites is 1. The average molecular weight is 487 g/mol. The highest BCUT2D eigenvalue weighted by Gasteiger charge is 2.32. The molecule has 0 atom stereocenters. The topological polar surface area (TPSA) is 88.5 Å². The lowest BCUT2D eigenvalue weighted by atomic mass is 10.0. The third-order valence-corrected chi connectivity index (χ3v) is 6.37. The quantitative estimate of drug-likeness (QED) is 0.294. The molecule has 3 heterocycles. The summed E-state index contributed by atoms with van der Waals surface area (Å²) in [5.74, 6) is -4.11. The minimum Gasteiger partial charge on any atom is -0.503 e. The molecular weight excluding hydrogens is 474 g/mol. The van der Waals surface area contributed by atoms with Crippen molar-refractivity contribution < 1.29 is 28.2 Å². The first-order valence-corrected chi connectivity index (χ1v) is 10.7. The SMILES string of the molecule is Cc1ccc(C(=O)c2c(O)c(O)n(-c3nc4c(Cl)cccc4s3)c2-c2ccc(F)c(F)c2)o1. The molecule has 0 spiro atoms. The van der Waals surface area contributed by atoms with E-state index in [-0.39, 0.29) is 27.7 Å². The summed E-state index contributed by atoms with van der Waals surface area (Å²) < 4.78 is 35.0. The third kappa shape index (κ3) is 3.37. The van der Waals surface area contributed by atoms with Crippen LogP contribution >= 0.6 is 22.9 Å². The predicted octanol–water partition coefficient (Wildman–Crippen LogP) is 6.23. The maximum atomic E-state index is 14.1. The van der Waals surface area contributed by atoms with Crippen LogP contribution in [0.15, 0.2) is 52.9 Å². The normalized spacial score (nSPS) is 11.4. The second-order valence-corrected chi connectivity index (χ2v) is 8.60. The number of fused-ring (bicyclic) bond motifs is 1. The molecule has 0 saturated heterocycles. The van der Waals surface area contributed by atoms with Crippen molar-refractivity contribution in [1.29, 1.82) is 0 Å². The molecule has 166 valence electrons. The van der Waals surface area contributed by atoms with E-state index >= 15 is 0 Å². The van der Waals surface area contributed by atoms with Crippen LogP contribution in [-0.2, 0) is 0 Å². The highest BCUT2D eigenvalue weighted by Crippen LogP contribution is 2.45. The maximum Gasteiger partial charge on any atom is 0.242 e. The number of aromatic hydroxyl groups is 2. The van der Waals surface area contributed by atoms with Crippen molar-refractivity contribution in [2.45, 2.75) is 6.92 Å². The minimum atomic E-state index is -1.17. The molecule has 6 nitrogen and oxygen atoms in total. The van der Waals surface area contributed by atoms with Gasteiger partial charge in [-0.1, -0.05) is 29.0 Å². The number of carbonyl (C=O) groups is 1. The number of nitrogens with zero attached hydrogens (tertiary/aromatic N) is 2. The van der Waals surface area contributed by atoms with E-state index in [9.17, 15) is 23.8 Å². The lowest BCUT2D eigenvalue weighted by Gasteiger charge is -2.09. The van der Waals surface area contributed by atoms with Crippen molar-refractivity contribution >= 4 is 38.9 Å². The Morgan fingerprint density at radius 3 is 2.58 bits per heavy atom. The van der Waals surface area contributed by atoms with Gasteiger partial charge in [-0.3, -0.25) is 9.36 Å². The fourth-order valence-electron chi connectivity index (χ4n) is 3.54. The van der Waals surface area contributed by atoms with Gasteiger partial charge in [0, 0.05) is 5.56 Å². The molecule has 33 heavy (non-hydrogen) atoms. The van der Waals surface area contributed by atoms with Crippen LogP contribution < -0.4 is 0 Å². The van der Waals surface area contributed by atoms with Crippen LogP contribution in [0.4, 0.5) is 8.78 Å². The zero-order valence-corrected chi connectivity index (χ0v) is 18.3. The standard InChI is InChI=1S/C23H13ClF2N2O4S/c1-10-5-8-15(32-10)20(29)17-19(11-6-7-13(25)14(26)9-11)28(22(31)21(17)30)23-27-18-12(24)3-2-4-16(18)33-23/h2-9,30-31H,1H3. The van der Waals surface area contributed by atoms with E-state index in [0.29, 0.717) is 21.0 Å². The summed E-state index contributed by atoms with van der Waals surface area (Å²) in [6.45, 7) is 1.64. The number of hydrogen-bond donors (Lipinski definition) is 2. The number of aromatic nitrogens is 2. The van der Waals surface area contributed by atoms with E-state index in [0.717, 1.165) is 28.0 Å². The summed E-state index contributed by atoms with van der Waals surface area (Å²) in [6, 6.07) is 11.1. The summed E-state index contributed by atoms with van der Waals surface area (Å²) in [5.41, 5.74) is 0.0374. The highest BCUT2D eigenvalue weighted by molar-refractivity contribution is 7.21. The number of hydrogen-bond acceptors (Lipinski definition) is 6. The smallest absolute Gasteiger partial charge is 0.242 e. The number of halogens is 3. The number of rotatable bonds is 4. The van der Waals surface area contributed by atoms with Gasteiger partial charge in [0.15, 0.2) is 28.3 Å². The second-order valence-electron chi connectivity index (χ2n) is 7.18. The molecule has 5 rings (SSSR count). The third-order valence-electron chi connectivity index (χ3n) is 5.05. The molecule has 0 bridgehead atoms. The lowest BCUT2D eigenvalue weighted by molar-refractivity contribution is 0.101. The first-order chi connectivity index (χ1) is 15.8. The van der Waals surface area contributed by atoms with Gasteiger partial charge >= 0.3 is 0 Å². The summed E-state index contributed by atoms with van der Waals surface area (Å²) >= 11 is 7.35. The first-order valence-electron chi connectivity index (χ1n) is 9.55. The highest BCUT2D eigenvalue weighted by atomic mass is 35.5. The fraction of sp³-hybridized carbons (Fsp3) is 0.0435.